The molecular weight excluding hydrogens is 416 g/mol. The van der Waals surface area contributed by atoms with Crippen molar-refractivity contribution < 1.29 is 23.0 Å². The van der Waals surface area contributed by atoms with Crippen molar-refractivity contribution in [2.75, 3.05) is 33.4 Å². The highest BCUT2D eigenvalue weighted by Crippen LogP contribution is 2.24. The first-order valence-electron chi connectivity index (χ1n) is 11.0. The van der Waals surface area contributed by atoms with Crippen LogP contribution in [-0.4, -0.2) is 55.2 Å². The number of carbonyl (C=O) groups is 1. The Morgan fingerprint density at radius 2 is 1.97 bits per heavy atom. The molecule has 2 heterocycles. The summed E-state index contributed by atoms with van der Waals surface area (Å²) in [5.74, 6) is -0.493. The summed E-state index contributed by atoms with van der Waals surface area (Å²) in [6.07, 6.45) is 1.61. The van der Waals surface area contributed by atoms with Gasteiger partial charge in [0.15, 0.2) is 0 Å². The lowest BCUT2D eigenvalue weighted by Gasteiger charge is -2.37. The predicted octanol–water partition coefficient (Wildman–Crippen LogP) is 3.68. The number of benzene rings is 2. The highest BCUT2D eigenvalue weighted by molar-refractivity contribution is 5.74. The quantitative estimate of drug-likeness (QED) is 0.763. The number of carbonyl (C=O) groups excluding carboxylic acids is 1. The number of likely N-dealkylation sites (tertiary alicyclic amines) is 1. The Morgan fingerprint density at radius 3 is 2.75 bits per heavy atom. The van der Waals surface area contributed by atoms with Gasteiger partial charge in [0.2, 0.25) is 0 Å². The molecule has 0 saturated carbocycles. The largest absolute Gasteiger partial charge is 0.491 e. The van der Waals surface area contributed by atoms with Crippen molar-refractivity contribution in [2.24, 2.45) is 0 Å². The van der Waals surface area contributed by atoms with Gasteiger partial charge in [0.05, 0.1) is 19.8 Å². The van der Waals surface area contributed by atoms with E-state index in [9.17, 15) is 13.6 Å². The lowest BCUT2D eigenvalue weighted by atomic mass is 10.0. The van der Waals surface area contributed by atoms with Gasteiger partial charge in [-0.2, -0.15) is 0 Å². The number of urea groups is 1. The van der Waals surface area contributed by atoms with E-state index in [2.05, 4.69) is 10.2 Å². The number of piperidine rings is 1. The lowest BCUT2D eigenvalue weighted by Crippen LogP contribution is -2.49. The first kappa shape index (κ1) is 22.5. The molecule has 0 bridgehead atoms. The van der Waals surface area contributed by atoms with Gasteiger partial charge in [-0.25, -0.2) is 13.6 Å². The van der Waals surface area contributed by atoms with Crippen LogP contribution in [-0.2, 0) is 24.4 Å². The summed E-state index contributed by atoms with van der Waals surface area (Å²) in [7, 11) is 2.05. The van der Waals surface area contributed by atoms with Gasteiger partial charge in [0.1, 0.15) is 24.0 Å². The maximum absolute atomic E-state index is 14.3. The molecule has 6 nitrogen and oxygen atoms in total. The fourth-order valence-electron chi connectivity index (χ4n) is 4.14. The van der Waals surface area contributed by atoms with Gasteiger partial charge in [-0.05, 0) is 50.7 Å². The molecule has 1 fully saturated rings. The molecule has 2 aromatic rings. The van der Waals surface area contributed by atoms with E-state index in [1.807, 2.05) is 25.2 Å². The van der Waals surface area contributed by atoms with Crippen LogP contribution in [0.5, 0.6) is 5.75 Å². The predicted molar refractivity (Wildman–Crippen MR) is 116 cm³/mol. The second-order valence-electron chi connectivity index (χ2n) is 8.40. The van der Waals surface area contributed by atoms with Crippen molar-refractivity contribution in [3.63, 3.8) is 0 Å². The molecule has 1 N–H and O–H groups in total. The molecule has 1 saturated heterocycles. The number of nitrogens with one attached hydrogen (secondary N) is 1. The zero-order valence-corrected chi connectivity index (χ0v) is 18.3. The van der Waals surface area contributed by atoms with Gasteiger partial charge in [-0.1, -0.05) is 18.2 Å². The minimum atomic E-state index is -0.638. The molecule has 32 heavy (non-hydrogen) atoms. The summed E-state index contributed by atoms with van der Waals surface area (Å²) in [5, 5.41) is 2.97. The molecular formula is C24H29F2N3O3. The molecule has 4 rings (SSSR count). The number of ether oxygens (including phenoxy) is 2. The van der Waals surface area contributed by atoms with Crippen LogP contribution in [0.1, 0.15) is 29.5 Å². The number of fused-ring (bicyclic) bond motifs is 1. The third kappa shape index (κ3) is 5.55. The van der Waals surface area contributed by atoms with E-state index >= 15 is 0 Å². The second kappa shape index (κ2) is 10.3. The van der Waals surface area contributed by atoms with Crippen molar-refractivity contribution in [1.29, 1.82) is 0 Å². The van der Waals surface area contributed by atoms with E-state index < -0.39 is 11.6 Å². The summed E-state index contributed by atoms with van der Waals surface area (Å²) in [5.41, 5.74) is 2.20. The van der Waals surface area contributed by atoms with Crippen molar-refractivity contribution in [2.45, 2.75) is 38.6 Å². The average Bonchev–Trinajstić information content (AvgIpc) is 3.03. The molecule has 172 valence electrons. The molecule has 0 spiro atoms. The molecule has 2 amide bonds. The monoisotopic (exact) mass is 445 g/mol. The topological polar surface area (TPSA) is 54.0 Å². The second-order valence-corrected chi connectivity index (χ2v) is 8.40. The minimum Gasteiger partial charge on any atom is -0.491 e. The van der Waals surface area contributed by atoms with Crippen LogP contribution >= 0.6 is 0 Å². The minimum absolute atomic E-state index is 0.0109. The van der Waals surface area contributed by atoms with Crippen molar-refractivity contribution in [1.82, 2.24) is 15.1 Å². The molecule has 2 aliphatic heterocycles. The first-order valence-corrected chi connectivity index (χ1v) is 11.0. The number of hydrogen-bond donors (Lipinski definition) is 1. The fraction of sp³-hybridized carbons (Fsp3) is 0.458. The maximum Gasteiger partial charge on any atom is 0.318 e. The SMILES string of the molecule is CN1CCC(N(Cc2ccc(F)cc2F)C(=O)NCc2ccc3c(c2)OCCOC3)CC1. The van der Waals surface area contributed by atoms with Crippen molar-refractivity contribution >= 4 is 6.03 Å². The van der Waals surface area contributed by atoms with Crippen LogP contribution in [0, 0.1) is 11.6 Å². The number of nitrogens with zero attached hydrogens (tertiary/aromatic N) is 2. The molecule has 0 atom stereocenters. The summed E-state index contributed by atoms with van der Waals surface area (Å²) in [6.45, 7) is 3.70. The summed E-state index contributed by atoms with van der Waals surface area (Å²) in [4.78, 5) is 17.1. The Kier molecular flexibility index (Phi) is 7.22. The van der Waals surface area contributed by atoms with Crippen LogP contribution in [0.25, 0.3) is 0 Å². The van der Waals surface area contributed by atoms with E-state index in [1.165, 1.54) is 12.1 Å². The van der Waals surface area contributed by atoms with E-state index in [0.717, 1.165) is 48.9 Å². The Labute approximate surface area is 187 Å². The van der Waals surface area contributed by atoms with E-state index in [0.29, 0.717) is 31.9 Å². The molecule has 0 aliphatic carbocycles. The third-order valence-electron chi connectivity index (χ3n) is 6.06. The Hall–Kier alpha value is -2.71. The van der Waals surface area contributed by atoms with Gasteiger partial charge < -0.3 is 24.6 Å². The van der Waals surface area contributed by atoms with Crippen molar-refractivity contribution in [3.05, 3.63) is 64.7 Å². The lowest BCUT2D eigenvalue weighted by molar-refractivity contribution is 0.107. The number of halogens is 2. The average molecular weight is 446 g/mol. The first-order chi connectivity index (χ1) is 15.5. The Bertz CT molecular complexity index is 948. The van der Waals surface area contributed by atoms with Gasteiger partial charge in [-0.3, -0.25) is 0 Å². The smallest absolute Gasteiger partial charge is 0.318 e. The number of hydrogen-bond acceptors (Lipinski definition) is 4. The van der Waals surface area contributed by atoms with E-state index in [-0.39, 0.29) is 18.6 Å². The molecule has 2 aliphatic rings. The summed E-state index contributed by atoms with van der Waals surface area (Å²) >= 11 is 0. The highest BCUT2D eigenvalue weighted by atomic mass is 19.1. The Morgan fingerprint density at radius 1 is 1.16 bits per heavy atom. The van der Waals surface area contributed by atoms with Crippen LogP contribution in [0.2, 0.25) is 0 Å². The normalized spacial score (nSPS) is 17.2. The maximum atomic E-state index is 14.3. The van der Waals surface area contributed by atoms with Crippen LogP contribution in [0.4, 0.5) is 13.6 Å². The molecule has 8 heteroatoms. The van der Waals surface area contributed by atoms with E-state index in [4.69, 9.17) is 9.47 Å². The molecule has 2 aromatic carbocycles. The Balaban J connectivity index is 1.46. The van der Waals surface area contributed by atoms with Gasteiger partial charge in [0.25, 0.3) is 0 Å². The van der Waals surface area contributed by atoms with Gasteiger partial charge in [-0.15, -0.1) is 0 Å². The van der Waals surface area contributed by atoms with Crippen molar-refractivity contribution in [3.8, 4) is 5.75 Å². The van der Waals surface area contributed by atoms with Gasteiger partial charge in [0, 0.05) is 29.8 Å². The standard InChI is InChI=1S/C24H29F2N3O3/c1-28-8-6-21(7-9-28)29(15-18-4-5-20(25)13-22(18)26)24(30)27-14-17-2-3-19-16-31-10-11-32-23(19)12-17/h2-5,12-13,21H,6-11,14-16H2,1H3,(H,27,30). The van der Waals surface area contributed by atoms with Crippen LogP contribution in [0.15, 0.2) is 36.4 Å². The third-order valence-corrected chi connectivity index (χ3v) is 6.06. The molecule has 0 radical (unpaired) electrons. The number of rotatable bonds is 5. The summed E-state index contributed by atoms with van der Waals surface area (Å²) in [6, 6.07) is 9.03. The zero-order valence-electron chi connectivity index (χ0n) is 18.3. The van der Waals surface area contributed by atoms with Crippen LogP contribution in [0.3, 0.4) is 0 Å². The number of amides is 2. The van der Waals surface area contributed by atoms with E-state index in [1.54, 1.807) is 4.90 Å². The highest BCUT2D eigenvalue weighted by Gasteiger charge is 2.28. The molecule has 0 unspecified atom stereocenters. The fourth-order valence-corrected chi connectivity index (χ4v) is 4.14. The van der Waals surface area contributed by atoms with Gasteiger partial charge >= 0.3 is 6.03 Å². The zero-order chi connectivity index (χ0) is 22.5. The summed E-state index contributed by atoms with van der Waals surface area (Å²) < 4.78 is 38.9. The molecule has 0 aromatic heterocycles. The van der Waals surface area contributed by atoms with Crippen LogP contribution < -0.4 is 10.1 Å².